The van der Waals surface area contributed by atoms with Crippen molar-refractivity contribution in [1.82, 2.24) is 25.1 Å². The number of halogens is 4. The molecular weight excluding hydrogens is 668 g/mol. The second kappa shape index (κ2) is 15.7. The van der Waals surface area contributed by atoms with Crippen molar-refractivity contribution in [1.29, 1.82) is 0 Å². The van der Waals surface area contributed by atoms with Gasteiger partial charge in [-0.15, -0.1) is 11.3 Å². The zero-order valence-electron chi connectivity index (χ0n) is 26.6. The first kappa shape index (κ1) is 35.7. The van der Waals surface area contributed by atoms with E-state index < -0.39 is 18.2 Å². The maximum absolute atomic E-state index is 13.5. The van der Waals surface area contributed by atoms with Crippen LogP contribution in [0.15, 0.2) is 55.0 Å². The van der Waals surface area contributed by atoms with Crippen LogP contribution in [0.1, 0.15) is 22.4 Å². The first-order valence-electron chi connectivity index (χ1n) is 15.2. The summed E-state index contributed by atoms with van der Waals surface area (Å²) in [6.45, 7) is 4.48. The molecular formula is C33H34F4N6O5S. The monoisotopic (exact) mass is 702 g/mol. The third-order valence-electron chi connectivity index (χ3n) is 7.51. The van der Waals surface area contributed by atoms with Crippen LogP contribution in [0.25, 0.3) is 20.7 Å². The van der Waals surface area contributed by atoms with E-state index in [0.29, 0.717) is 32.8 Å². The molecule has 16 heteroatoms. The number of rotatable bonds is 12. The lowest BCUT2D eigenvalue weighted by atomic mass is 9.95. The predicted octanol–water partition coefficient (Wildman–Crippen LogP) is 5.65. The number of aliphatic carboxylic acids is 1. The maximum atomic E-state index is 13.5. The first-order chi connectivity index (χ1) is 23.4. The van der Waals surface area contributed by atoms with Crippen molar-refractivity contribution in [3.63, 3.8) is 0 Å². The molecule has 49 heavy (non-hydrogen) atoms. The van der Waals surface area contributed by atoms with Gasteiger partial charge in [-0.25, -0.2) is 19.2 Å². The molecule has 1 aliphatic rings. The second-order valence-corrected chi connectivity index (χ2v) is 12.2. The van der Waals surface area contributed by atoms with Crippen LogP contribution in [-0.2, 0) is 35.5 Å². The molecule has 0 saturated heterocycles. The smallest absolute Gasteiger partial charge is 0.489 e. The largest absolute Gasteiger partial charge is 0.490 e. The number of carboxylic acid groups (broad SMARTS) is 1. The Morgan fingerprint density at radius 2 is 1.96 bits per heavy atom. The standard InChI is InChI=1S/C31H33FN6O3S.C2HF3O2/c1-19-12-22(6-9-27(19)41-17-20-4-3-5-21(32)13-20)36-30-28-24-7-8-26-25(29(24)42-31(28)35-18-34-30)16-38(37-26)15-23(39)14-33-10-11-40-2;3-2(4,5)1(6)7/h3-6,9,12-13,16,18,23,33,39H,7-8,10-11,14-15,17H2,1-2H3,(H,34,35,36);(H,6,7). The molecule has 3 heterocycles. The molecule has 1 atom stereocenters. The van der Waals surface area contributed by atoms with E-state index in [2.05, 4.69) is 20.6 Å². The van der Waals surface area contributed by atoms with Crippen molar-refractivity contribution in [2.45, 2.75) is 45.2 Å². The molecule has 0 radical (unpaired) electrons. The van der Waals surface area contributed by atoms with Gasteiger partial charge in [0.05, 0.1) is 30.3 Å². The molecule has 2 aromatic carbocycles. The molecule has 5 aromatic rings. The van der Waals surface area contributed by atoms with E-state index in [4.69, 9.17) is 24.5 Å². The van der Waals surface area contributed by atoms with Gasteiger partial charge in [-0.05, 0) is 66.8 Å². The lowest BCUT2D eigenvalue weighted by Gasteiger charge is -2.14. The molecule has 0 amide bonds. The minimum Gasteiger partial charge on any atom is -0.489 e. The average molecular weight is 703 g/mol. The summed E-state index contributed by atoms with van der Waals surface area (Å²) in [5, 5.41) is 30.1. The summed E-state index contributed by atoms with van der Waals surface area (Å²) in [5.41, 5.74) is 5.99. The predicted molar refractivity (Wildman–Crippen MR) is 176 cm³/mol. The van der Waals surface area contributed by atoms with Gasteiger partial charge >= 0.3 is 12.1 Å². The fraction of sp³-hybridized carbons (Fsp3) is 0.333. The van der Waals surface area contributed by atoms with E-state index >= 15 is 0 Å². The highest BCUT2D eigenvalue weighted by Crippen LogP contribution is 2.45. The van der Waals surface area contributed by atoms with Crippen LogP contribution in [0.2, 0.25) is 0 Å². The van der Waals surface area contributed by atoms with Crippen molar-refractivity contribution in [3.05, 3.63) is 83.2 Å². The molecule has 0 spiro atoms. The van der Waals surface area contributed by atoms with Crippen LogP contribution in [0.3, 0.4) is 0 Å². The number of carboxylic acids is 1. The summed E-state index contributed by atoms with van der Waals surface area (Å²) in [7, 11) is 1.66. The molecule has 3 aromatic heterocycles. The number of benzene rings is 2. The summed E-state index contributed by atoms with van der Waals surface area (Å²) in [5.74, 6) is -1.53. The summed E-state index contributed by atoms with van der Waals surface area (Å²) in [4.78, 5) is 20.2. The van der Waals surface area contributed by atoms with Gasteiger partial charge < -0.3 is 30.3 Å². The van der Waals surface area contributed by atoms with Crippen LogP contribution < -0.4 is 15.4 Å². The number of anilines is 2. The molecule has 6 rings (SSSR count). The van der Waals surface area contributed by atoms with E-state index in [9.17, 15) is 22.7 Å². The lowest BCUT2D eigenvalue weighted by Crippen LogP contribution is -2.32. The van der Waals surface area contributed by atoms with E-state index in [-0.39, 0.29) is 5.82 Å². The number of ether oxygens (including phenoxy) is 2. The van der Waals surface area contributed by atoms with Crippen LogP contribution in [0.5, 0.6) is 5.75 Å². The fourth-order valence-electron chi connectivity index (χ4n) is 5.25. The van der Waals surface area contributed by atoms with Gasteiger partial charge in [-0.3, -0.25) is 4.68 Å². The quantitative estimate of drug-likeness (QED) is 0.0951. The number of fused-ring (bicyclic) bond motifs is 5. The number of methoxy groups -OCH3 is 1. The Labute approximate surface area is 282 Å². The molecule has 1 unspecified atom stereocenters. The number of aliphatic hydroxyl groups is 1. The number of hydrogen-bond donors (Lipinski definition) is 4. The average Bonchev–Trinajstić information content (AvgIpc) is 3.64. The number of aromatic nitrogens is 4. The van der Waals surface area contributed by atoms with Crippen molar-refractivity contribution < 1.29 is 42.0 Å². The molecule has 11 nitrogen and oxygen atoms in total. The first-order valence-corrected chi connectivity index (χ1v) is 16.0. The van der Waals surface area contributed by atoms with E-state index in [1.54, 1.807) is 30.8 Å². The topological polar surface area (TPSA) is 144 Å². The van der Waals surface area contributed by atoms with Gasteiger partial charge in [0.2, 0.25) is 0 Å². The Hall–Kier alpha value is -4.64. The Kier molecular flexibility index (Phi) is 11.4. The van der Waals surface area contributed by atoms with Crippen LogP contribution in [-0.4, -0.2) is 75.0 Å². The Balaban J connectivity index is 0.000000606. The second-order valence-electron chi connectivity index (χ2n) is 11.2. The molecule has 260 valence electrons. The molecule has 4 N–H and O–H groups in total. The zero-order valence-corrected chi connectivity index (χ0v) is 27.4. The fourth-order valence-corrected chi connectivity index (χ4v) is 6.47. The van der Waals surface area contributed by atoms with E-state index in [1.165, 1.54) is 17.7 Å². The number of thiophene rings is 1. The minimum atomic E-state index is -5.08. The molecule has 0 saturated carbocycles. The molecule has 0 bridgehead atoms. The number of nitrogens with one attached hydrogen (secondary N) is 2. The molecule has 0 aliphatic heterocycles. The molecule has 1 aliphatic carbocycles. The van der Waals surface area contributed by atoms with Crippen molar-refractivity contribution in [2.75, 3.05) is 32.1 Å². The number of aryl methyl sites for hydroxylation is 3. The van der Waals surface area contributed by atoms with Gasteiger partial charge in [0.15, 0.2) is 0 Å². The van der Waals surface area contributed by atoms with Gasteiger partial charge in [-0.2, -0.15) is 18.3 Å². The highest BCUT2D eigenvalue weighted by atomic mass is 32.1. The third-order valence-corrected chi connectivity index (χ3v) is 8.68. The zero-order chi connectivity index (χ0) is 35.1. The van der Waals surface area contributed by atoms with Crippen LogP contribution >= 0.6 is 11.3 Å². The summed E-state index contributed by atoms with van der Waals surface area (Å²) in [6, 6.07) is 12.3. The Bertz CT molecular complexity index is 1910. The molecule has 0 fully saturated rings. The van der Waals surface area contributed by atoms with Crippen LogP contribution in [0.4, 0.5) is 29.1 Å². The van der Waals surface area contributed by atoms with Crippen molar-refractivity contribution >= 4 is 39.0 Å². The number of carbonyl (C=O) groups is 1. The summed E-state index contributed by atoms with van der Waals surface area (Å²) in [6.07, 6.45) is -0.350. The Morgan fingerprint density at radius 3 is 2.67 bits per heavy atom. The van der Waals surface area contributed by atoms with Gasteiger partial charge in [0, 0.05) is 42.5 Å². The number of aliphatic hydroxyl groups excluding tert-OH is 1. The normalized spacial score (nSPS) is 12.9. The highest BCUT2D eigenvalue weighted by molar-refractivity contribution is 7.22. The van der Waals surface area contributed by atoms with Gasteiger partial charge in [-0.1, -0.05) is 12.1 Å². The number of hydrogen-bond acceptors (Lipinski definition) is 10. The van der Waals surface area contributed by atoms with Crippen LogP contribution in [0, 0.1) is 12.7 Å². The van der Waals surface area contributed by atoms with Crippen molar-refractivity contribution in [3.8, 4) is 16.2 Å². The van der Waals surface area contributed by atoms with Gasteiger partial charge in [0.1, 0.15) is 35.1 Å². The maximum Gasteiger partial charge on any atom is 0.490 e. The minimum absolute atomic E-state index is 0.273. The third kappa shape index (κ3) is 9.08. The lowest BCUT2D eigenvalue weighted by molar-refractivity contribution is -0.192. The highest BCUT2D eigenvalue weighted by Gasteiger charge is 2.38. The SMILES string of the molecule is COCCNCC(O)Cn1cc2c(n1)CCc1c-2sc2ncnc(Nc3ccc(OCc4cccc(F)c4)c(C)c3)c12.O=C(O)C(F)(F)F. The summed E-state index contributed by atoms with van der Waals surface area (Å²) < 4.78 is 58.1. The Morgan fingerprint density at radius 1 is 1.16 bits per heavy atom. The van der Waals surface area contributed by atoms with E-state index in [1.807, 2.05) is 42.1 Å². The number of alkyl halides is 3. The number of nitrogens with zero attached hydrogens (tertiary/aromatic N) is 4. The summed E-state index contributed by atoms with van der Waals surface area (Å²) >= 11 is 1.65. The van der Waals surface area contributed by atoms with Gasteiger partial charge in [0.25, 0.3) is 0 Å². The van der Waals surface area contributed by atoms with E-state index in [0.717, 1.165) is 67.6 Å². The van der Waals surface area contributed by atoms with Crippen molar-refractivity contribution in [2.24, 2.45) is 0 Å².